The van der Waals surface area contributed by atoms with Crippen molar-refractivity contribution < 1.29 is 4.79 Å². The highest BCUT2D eigenvalue weighted by atomic mass is 79.9. The molecule has 16 heavy (non-hydrogen) atoms. The van der Waals surface area contributed by atoms with E-state index in [1.807, 2.05) is 6.07 Å². The van der Waals surface area contributed by atoms with Crippen LogP contribution < -0.4 is 0 Å². The van der Waals surface area contributed by atoms with Crippen LogP contribution in [0.1, 0.15) is 31.1 Å². The molecular formula is C11H14Br2OS2. The number of hydrogen-bond acceptors (Lipinski definition) is 3. The number of halogens is 2. The third-order valence-corrected chi connectivity index (χ3v) is 6.21. The topological polar surface area (TPSA) is 17.1 Å². The van der Waals surface area contributed by atoms with Gasteiger partial charge in [0.25, 0.3) is 0 Å². The van der Waals surface area contributed by atoms with Crippen LogP contribution in [0, 0.1) is 5.92 Å². The number of thiophene rings is 1. The maximum atomic E-state index is 11.9. The molecule has 0 radical (unpaired) electrons. The molecule has 0 N–H and O–H groups in total. The highest BCUT2D eigenvalue weighted by molar-refractivity contribution is 9.12. The zero-order chi connectivity index (χ0) is 12.3. The smallest absolute Gasteiger partial charge is 0.174 e. The first kappa shape index (κ1) is 14.7. The van der Waals surface area contributed by atoms with Crippen molar-refractivity contribution >= 4 is 60.7 Å². The summed E-state index contributed by atoms with van der Waals surface area (Å²) in [6.45, 7) is 6.53. The summed E-state index contributed by atoms with van der Waals surface area (Å²) in [5.41, 5.74) is 0.792. The normalized spacial score (nSPS) is 13.1. The van der Waals surface area contributed by atoms with E-state index >= 15 is 0 Å². The summed E-state index contributed by atoms with van der Waals surface area (Å²) in [6.07, 6.45) is 0. The van der Waals surface area contributed by atoms with Crippen LogP contribution in [0.25, 0.3) is 0 Å². The average Bonchev–Trinajstić information content (AvgIpc) is 2.53. The molecule has 5 heteroatoms. The van der Waals surface area contributed by atoms with Crippen molar-refractivity contribution in [1.82, 2.24) is 0 Å². The quantitative estimate of drug-likeness (QED) is 0.645. The molecular weight excluding hydrogens is 372 g/mol. The Hall–Kier alpha value is 0.680. The number of Topliss-reactive ketones (excluding diaryl/α,β-unsaturated/α-hetero) is 1. The number of rotatable bonds is 5. The Labute approximate surface area is 122 Å². The van der Waals surface area contributed by atoms with E-state index in [4.69, 9.17) is 0 Å². The Morgan fingerprint density at radius 3 is 2.50 bits per heavy atom. The lowest BCUT2D eigenvalue weighted by Crippen LogP contribution is -2.10. The summed E-state index contributed by atoms with van der Waals surface area (Å²) in [5, 5.41) is 0.518. The molecule has 1 nitrogen and oxygen atoms in total. The SMILES string of the molecule is CC(C)C(C)SCC(=O)c1cc(Br)sc1Br. The van der Waals surface area contributed by atoms with E-state index in [0.29, 0.717) is 16.9 Å². The minimum absolute atomic E-state index is 0.200. The molecule has 0 spiro atoms. The first-order valence-corrected chi connectivity index (χ1v) is 8.46. The van der Waals surface area contributed by atoms with Crippen molar-refractivity contribution in [3.63, 3.8) is 0 Å². The summed E-state index contributed by atoms with van der Waals surface area (Å²) in [6, 6.07) is 1.89. The fraction of sp³-hybridized carbons (Fsp3) is 0.545. The first-order valence-electron chi connectivity index (χ1n) is 5.01. The molecule has 0 aliphatic rings. The van der Waals surface area contributed by atoms with Gasteiger partial charge in [0, 0.05) is 10.8 Å². The van der Waals surface area contributed by atoms with Gasteiger partial charge in [-0.3, -0.25) is 4.79 Å². The molecule has 0 saturated heterocycles. The second-order valence-electron chi connectivity index (χ2n) is 3.92. The van der Waals surface area contributed by atoms with Crippen molar-refractivity contribution in [2.75, 3.05) is 5.75 Å². The molecule has 1 unspecified atom stereocenters. The highest BCUT2D eigenvalue weighted by Crippen LogP contribution is 2.33. The van der Waals surface area contributed by atoms with Crippen LogP contribution >= 0.6 is 55.0 Å². The van der Waals surface area contributed by atoms with E-state index in [-0.39, 0.29) is 5.78 Å². The van der Waals surface area contributed by atoms with Crippen LogP contribution in [0.3, 0.4) is 0 Å². The van der Waals surface area contributed by atoms with E-state index in [1.54, 1.807) is 23.1 Å². The summed E-state index contributed by atoms with van der Waals surface area (Å²) in [7, 11) is 0. The van der Waals surface area contributed by atoms with Crippen LogP contribution in [0.4, 0.5) is 0 Å². The van der Waals surface area contributed by atoms with Crippen molar-refractivity contribution in [2.24, 2.45) is 5.92 Å². The second-order valence-corrected chi connectivity index (χ2v) is 9.04. The van der Waals surface area contributed by atoms with E-state index < -0.39 is 0 Å². The monoisotopic (exact) mass is 384 g/mol. The second kappa shape index (κ2) is 6.57. The van der Waals surface area contributed by atoms with Gasteiger partial charge in [-0.05, 0) is 43.8 Å². The van der Waals surface area contributed by atoms with Crippen LogP contribution in [0.15, 0.2) is 13.6 Å². The zero-order valence-corrected chi connectivity index (χ0v) is 14.2. The number of thioether (sulfide) groups is 1. The summed E-state index contributed by atoms with van der Waals surface area (Å²) in [4.78, 5) is 11.9. The molecule has 1 aromatic rings. The number of carbonyl (C=O) groups is 1. The molecule has 0 amide bonds. The van der Waals surface area contributed by atoms with Gasteiger partial charge in [-0.25, -0.2) is 0 Å². The van der Waals surface area contributed by atoms with Crippen molar-refractivity contribution in [1.29, 1.82) is 0 Å². The molecule has 1 atom stereocenters. The zero-order valence-electron chi connectivity index (χ0n) is 9.42. The van der Waals surface area contributed by atoms with Crippen LogP contribution in [0.5, 0.6) is 0 Å². The lowest BCUT2D eigenvalue weighted by Gasteiger charge is -2.13. The van der Waals surface area contributed by atoms with Crippen molar-refractivity contribution in [3.05, 3.63) is 19.2 Å². The highest BCUT2D eigenvalue weighted by Gasteiger charge is 2.16. The van der Waals surface area contributed by atoms with E-state index in [0.717, 1.165) is 13.1 Å². The molecule has 0 fully saturated rings. The Balaban J connectivity index is 2.56. The summed E-state index contributed by atoms with van der Waals surface area (Å²) < 4.78 is 1.91. The molecule has 1 heterocycles. The molecule has 0 saturated carbocycles. The third-order valence-electron chi connectivity index (χ3n) is 2.37. The van der Waals surface area contributed by atoms with Crippen LogP contribution in [0.2, 0.25) is 0 Å². The predicted octanol–water partition coefficient (Wildman–Crippen LogP) is 5.23. The summed E-state index contributed by atoms with van der Waals surface area (Å²) >= 11 is 10.1. The Kier molecular flexibility index (Phi) is 6.05. The van der Waals surface area contributed by atoms with E-state index in [1.165, 1.54) is 0 Å². The first-order chi connectivity index (χ1) is 7.41. The fourth-order valence-corrected chi connectivity index (χ4v) is 4.82. The minimum Gasteiger partial charge on any atom is -0.293 e. The third kappa shape index (κ3) is 4.17. The maximum absolute atomic E-state index is 11.9. The molecule has 0 bridgehead atoms. The lowest BCUT2D eigenvalue weighted by atomic mass is 10.2. The fourth-order valence-electron chi connectivity index (χ4n) is 1.01. The van der Waals surface area contributed by atoms with Gasteiger partial charge in [0.05, 0.1) is 13.3 Å². The van der Waals surface area contributed by atoms with Crippen LogP contribution in [-0.2, 0) is 0 Å². The van der Waals surface area contributed by atoms with Crippen molar-refractivity contribution in [2.45, 2.75) is 26.0 Å². The summed E-state index contributed by atoms with van der Waals surface area (Å²) in [5.74, 6) is 1.36. The molecule has 0 aromatic carbocycles. The number of ketones is 1. The molecule has 1 rings (SSSR count). The Morgan fingerprint density at radius 1 is 1.44 bits per heavy atom. The molecule has 0 aliphatic carbocycles. The standard InChI is InChI=1S/C11H14Br2OS2/c1-6(2)7(3)15-5-9(14)8-4-10(12)16-11(8)13/h4,6-7H,5H2,1-3H3. The number of hydrogen-bond donors (Lipinski definition) is 0. The lowest BCUT2D eigenvalue weighted by molar-refractivity contribution is 0.102. The predicted molar refractivity (Wildman–Crippen MR) is 80.8 cm³/mol. The largest absolute Gasteiger partial charge is 0.293 e. The molecule has 0 aliphatic heterocycles. The van der Waals surface area contributed by atoms with E-state index in [9.17, 15) is 4.79 Å². The molecule has 1 aromatic heterocycles. The average molecular weight is 386 g/mol. The van der Waals surface area contributed by atoms with E-state index in [2.05, 4.69) is 52.6 Å². The van der Waals surface area contributed by atoms with Gasteiger partial charge < -0.3 is 0 Å². The van der Waals surface area contributed by atoms with Crippen LogP contribution in [-0.4, -0.2) is 16.8 Å². The van der Waals surface area contributed by atoms with Gasteiger partial charge in [-0.2, -0.15) is 11.8 Å². The minimum atomic E-state index is 0.200. The van der Waals surface area contributed by atoms with Gasteiger partial charge in [0.2, 0.25) is 0 Å². The molecule has 90 valence electrons. The number of carbonyl (C=O) groups excluding carboxylic acids is 1. The Bertz CT molecular complexity index is 374. The van der Waals surface area contributed by atoms with Gasteiger partial charge in [-0.1, -0.05) is 20.8 Å². The maximum Gasteiger partial charge on any atom is 0.174 e. The van der Waals surface area contributed by atoms with Gasteiger partial charge >= 0.3 is 0 Å². The van der Waals surface area contributed by atoms with Crippen molar-refractivity contribution in [3.8, 4) is 0 Å². The van der Waals surface area contributed by atoms with Gasteiger partial charge in [-0.15, -0.1) is 11.3 Å². The van der Waals surface area contributed by atoms with Gasteiger partial charge in [0.1, 0.15) is 0 Å². The van der Waals surface area contributed by atoms with Gasteiger partial charge in [0.15, 0.2) is 5.78 Å². The Morgan fingerprint density at radius 2 is 2.06 bits per heavy atom.